The molecule has 1 fully saturated rings. The highest BCUT2D eigenvalue weighted by Gasteiger charge is 2.30. The van der Waals surface area contributed by atoms with Crippen LogP contribution in [0.25, 0.3) is 0 Å². The van der Waals surface area contributed by atoms with Crippen molar-refractivity contribution >= 4 is 0 Å². The SMILES string of the molecule is C=CCC(C)N1CC(CCC)NCC1c1ccccc1. The van der Waals surface area contributed by atoms with Crippen LogP contribution in [0, 0.1) is 0 Å². The lowest BCUT2D eigenvalue weighted by Crippen LogP contribution is -2.54. The van der Waals surface area contributed by atoms with Gasteiger partial charge in [0.25, 0.3) is 0 Å². The maximum Gasteiger partial charge on any atom is 0.0476 e. The zero-order valence-electron chi connectivity index (χ0n) is 12.9. The molecule has 0 spiro atoms. The summed E-state index contributed by atoms with van der Waals surface area (Å²) in [5.41, 5.74) is 1.42. The first-order valence-corrected chi connectivity index (χ1v) is 7.91. The third kappa shape index (κ3) is 3.71. The molecular formula is C18H28N2. The fourth-order valence-corrected chi connectivity index (χ4v) is 3.23. The fourth-order valence-electron chi connectivity index (χ4n) is 3.23. The second-order valence-electron chi connectivity index (χ2n) is 5.89. The molecule has 1 N–H and O–H groups in total. The molecule has 0 aromatic heterocycles. The van der Waals surface area contributed by atoms with Crippen LogP contribution in [0.1, 0.15) is 44.7 Å². The van der Waals surface area contributed by atoms with Gasteiger partial charge in [0, 0.05) is 31.2 Å². The molecule has 20 heavy (non-hydrogen) atoms. The Kier molecular flexibility index (Phi) is 5.81. The Balaban J connectivity index is 2.14. The normalized spacial score (nSPS) is 25.3. The highest BCUT2D eigenvalue weighted by molar-refractivity contribution is 5.20. The lowest BCUT2D eigenvalue weighted by Gasteiger charge is -2.44. The van der Waals surface area contributed by atoms with Gasteiger partial charge in [-0.15, -0.1) is 6.58 Å². The third-order valence-corrected chi connectivity index (χ3v) is 4.33. The zero-order valence-corrected chi connectivity index (χ0v) is 12.9. The van der Waals surface area contributed by atoms with Gasteiger partial charge in [-0.1, -0.05) is 49.8 Å². The molecule has 0 amide bonds. The van der Waals surface area contributed by atoms with Crippen molar-refractivity contribution in [2.24, 2.45) is 0 Å². The molecule has 1 aromatic carbocycles. The smallest absolute Gasteiger partial charge is 0.0476 e. The van der Waals surface area contributed by atoms with Crippen LogP contribution in [-0.2, 0) is 0 Å². The molecule has 0 saturated carbocycles. The van der Waals surface area contributed by atoms with Crippen molar-refractivity contribution in [3.63, 3.8) is 0 Å². The monoisotopic (exact) mass is 272 g/mol. The van der Waals surface area contributed by atoms with E-state index in [-0.39, 0.29) is 0 Å². The Labute approximate surface area is 123 Å². The summed E-state index contributed by atoms with van der Waals surface area (Å²) < 4.78 is 0. The summed E-state index contributed by atoms with van der Waals surface area (Å²) in [6.45, 7) is 10.7. The number of nitrogens with one attached hydrogen (secondary N) is 1. The largest absolute Gasteiger partial charge is 0.311 e. The molecule has 3 unspecified atom stereocenters. The van der Waals surface area contributed by atoms with Crippen LogP contribution in [0.5, 0.6) is 0 Å². The number of nitrogens with zero attached hydrogens (tertiary/aromatic N) is 1. The van der Waals surface area contributed by atoms with Crippen LogP contribution in [0.2, 0.25) is 0 Å². The molecule has 110 valence electrons. The highest BCUT2D eigenvalue weighted by atomic mass is 15.3. The summed E-state index contributed by atoms with van der Waals surface area (Å²) in [6, 6.07) is 12.6. The molecular weight excluding hydrogens is 244 g/mol. The second kappa shape index (κ2) is 7.61. The number of hydrogen-bond acceptors (Lipinski definition) is 2. The van der Waals surface area contributed by atoms with E-state index < -0.39 is 0 Å². The summed E-state index contributed by atoms with van der Waals surface area (Å²) in [7, 11) is 0. The molecule has 3 atom stereocenters. The van der Waals surface area contributed by atoms with Crippen LogP contribution >= 0.6 is 0 Å². The summed E-state index contributed by atoms with van der Waals surface area (Å²) in [6.07, 6.45) is 5.61. The number of hydrogen-bond donors (Lipinski definition) is 1. The average Bonchev–Trinajstić information content (AvgIpc) is 2.49. The fraction of sp³-hybridized carbons (Fsp3) is 0.556. The van der Waals surface area contributed by atoms with E-state index in [9.17, 15) is 0 Å². The van der Waals surface area contributed by atoms with Gasteiger partial charge in [-0.05, 0) is 25.3 Å². The maximum atomic E-state index is 3.91. The lowest BCUT2D eigenvalue weighted by atomic mass is 9.97. The molecule has 0 aliphatic carbocycles. The number of benzene rings is 1. The first kappa shape index (κ1) is 15.3. The predicted octanol–water partition coefficient (Wildman–Crippen LogP) is 3.77. The Morgan fingerprint density at radius 2 is 2.15 bits per heavy atom. The molecule has 2 rings (SSSR count). The highest BCUT2D eigenvalue weighted by Crippen LogP contribution is 2.27. The average molecular weight is 272 g/mol. The molecule has 2 nitrogen and oxygen atoms in total. The van der Waals surface area contributed by atoms with Gasteiger partial charge in [0.15, 0.2) is 0 Å². The minimum absolute atomic E-state index is 0.485. The van der Waals surface area contributed by atoms with Crippen LogP contribution in [-0.4, -0.2) is 30.1 Å². The van der Waals surface area contributed by atoms with Crippen LogP contribution in [0.3, 0.4) is 0 Å². The van der Waals surface area contributed by atoms with E-state index in [1.165, 1.54) is 18.4 Å². The van der Waals surface area contributed by atoms with Gasteiger partial charge in [-0.25, -0.2) is 0 Å². The van der Waals surface area contributed by atoms with Gasteiger partial charge < -0.3 is 5.32 Å². The van der Waals surface area contributed by atoms with Gasteiger partial charge >= 0.3 is 0 Å². The van der Waals surface area contributed by atoms with Crippen molar-refractivity contribution in [3.05, 3.63) is 48.6 Å². The van der Waals surface area contributed by atoms with E-state index in [0.29, 0.717) is 18.1 Å². The van der Waals surface area contributed by atoms with Gasteiger partial charge in [0.2, 0.25) is 0 Å². The van der Waals surface area contributed by atoms with Crippen molar-refractivity contribution in [2.45, 2.75) is 51.2 Å². The van der Waals surface area contributed by atoms with Gasteiger partial charge in [-0.3, -0.25) is 4.90 Å². The summed E-state index contributed by atoms with van der Waals surface area (Å²) >= 11 is 0. The van der Waals surface area contributed by atoms with E-state index in [1.807, 2.05) is 6.08 Å². The number of rotatable bonds is 6. The standard InChI is InChI=1S/C18H28N2/c1-4-9-15(3)20-14-17(10-5-2)19-13-18(20)16-11-7-6-8-12-16/h4,6-8,11-12,15,17-19H,1,5,9-10,13-14H2,2-3H3. The topological polar surface area (TPSA) is 15.3 Å². The Morgan fingerprint density at radius 1 is 1.40 bits per heavy atom. The molecule has 1 heterocycles. The first-order chi connectivity index (χ1) is 9.76. The van der Waals surface area contributed by atoms with Crippen molar-refractivity contribution in [2.75, 3.05) is 13.1 Å². The van der Waals surface area contributed by atoms with E-state index in [2.05, 4.69) is 61.0 Å². The zero-order chi connectivity index (χ0) is 14.4. The van der Waals surface area contributed by atoms with Crippen molar-refractivity contribution < 1.29 is 0 Å². The Morgan fingerprint density at radius 3 is 2.80 bits per heavy atom. The minimum Gasteiger partial charge on any atom is -0.311 e. The molecule has 1 aliphatic heterocycles. The van der Waals surface area contributed by atoms with Gasteiger partial charge in [0.1, 0.15) is 0 Å². The first-order valence-electron chi connectivity index (χ1n) is 7.91. The maximum absolute atomic E-state index is 3.91. The molecule has 2 heteroatoms. The van der Waals surface area contributed by atoms with Crippen molar-refractivity contribution in [1.82, 2.24) is 10.2 Å². The third-order valence-electron chi connectivity index (χ3n) is 4.33. The Hall–Kier alpha value is -1.12. The molecule has 0 bridgehead atoms. The van der Waals surface area contributed by atoms with Gasteiger partial charge in [0.05, 0.1) is 0 Å². The summed E-state index contributed by atoms with van der Waals surface area (Å²) in [4.78, 5) is 2.66. The lowest BCUT2D eigenvalue weighted by molar-refractivity contribution is 0.0870. The van der Waals surface area contributed by atoms with Crippen LogP contribution in [0.15, 0.2) is 43.0 Å². The molecule has 0 radical (unpaired) electrons. The van der Waals surface area contributed by atoms with E-state index in [1.54, 1.807) is 0 Å². The van der Waals surface area contributed by atoms with Crippen molar-refractivity contribution in [1.29, 1.82) is 0 Å². The van der Waals surface area contributed by atoms with Crippen LogP contribution < -0.4 is 5.32 Å². The molecule has 1 aliphatic rings. The summed E-state index contributed by atoms with van der Waals surface area (Å²) in [5.74, 6) is 0. The quantitative estimate of drug-likeness (QED) is 0.793. The van der Waals surface area contributed by atoms with E-state index in [0.717, 1.165) is 19.5 Å². The molecule has 1 aromatic rings. The van der Waals surface area contributed by atoms with E-state index >= 15 is 0 Å². The van der Waals surface area contributed by atoms with Crippen molar-refractivity contribution in [3.8, 4) is 0 Å². The number of piperazine rings is 1. The second-order valence-corrected chi connectivity index (χ2v) is 5.89. The summed E-state index contributed by atoms with van der Waals surface area (Å²) in [5, 5.41) is 3.73. The Bertz CT molecular complexity index is 401. The molecule has 1 saturated heterocycles. The van der Waals surface area contributed by atoms with E-state index in [4.69, 9.17) is 0 Å². The minimum atomic E-state index is 0.485. The van der Waals surface area contributed by atoms with Gasteiger partial charge in [-0.2, -0.15) is 0 Å². The van der Waals surface area contributed by atoms with Crippen LogP contribution in [0.4, 0.5) is 0 Å². The predicted molar refractivity (Wildman–Crippen MR) is 86.9 cm³/mol.